The molecule has 0 radical (unpaired) electrons. The molecule has 0 saturated carbocycles. The molecule has 1 rings (SSSR count). The predicted molar refractivity (Wildman–Crippen MR) is 54.2 cm³/mol. The lowest BCUT2D eigenvalue weighted by Crippen LogP contribution is -2.28. The Kier molecular flexibility index (Phi) is 5.09. The third kappa shape index (κ3) is 3.46. The van der Waals surface area contributed by atoms with Crippen molar-refractivity contribution in [1.29, 1.82) is 0 Å². The molecule has 0 aromatic carbocycles. The number of aliphatic hydroxyl groups is 1. The highest BCUT2D eigenvalue weighted by molar-refractivity contribution is 7.98. The Balaban J connectivity index is 2.23. The van der Waals surface area contributed by atoms with E-state index in [9.17, 15) is 0 Å². The first kappa shape index (κ1) is 11.3. The molecule has 3 atom stereocenters. The molecule has 0 spiro atoms. The van der Waals surface area contributed by atoms with Gasteiger partial charge in [0, 0.05) is 12.2 Å². The van der Waals surface area contributed by atoms with Gasteiger partial charge in [0.05, 0.1) is 25.4 Å². The molecule has 1 aliphatic rings. The smallest absolute Gasteiger partial charge is 0.107 e. The van der Waals surface area contributed by atoms with Crippen LogP contribution in [0.2, 0.25) is 0 Å². The summed E-state index contributed by atoms with van der Waals surface area (Å²) < 4.78 is 11.1. The highest BCUT2D eigenvalue weighted by Crippen LogP contribution is 2.22. The minimum Gasteiger partial charge on any atom is -0.394 e. The maximum Gasteiger partial charge on any atom is 0.107 e. The van der Waals surface area contributed by atoms with Gasteiger partial charge >= 0.3 is 0 Å². The molecule has 1 fully saturated rings. The van der Waals surface area contributed by atoms with Crippen LogP contribution in [0.5, 0.6) is 0 Å². The first-order valence-electron chi connectivity index (χ1n) is 4.64. The number of rotatable bonds is 5. The molecule has 1 N–H and O–H groups in total. The van der Waals surface area contributed by atoms with Gasteiger partial charge in [0.15, 0.2) is 0 Å². The number of aliphatic hydroxyl groups excluding tert-OH is 1. The second-order valence-electron chi connectivity index (χ2n) is 3.31. The molecule has 0 aliphatic carbocycles. The van der Waals surface area contributed by atoms with Crippen LogP contribution >= 0.6 is 11.8 Å². The molecule has 0 aromatic rings. The van der Waals surface area contributed by atoms with Gasteiger partial charge in [-0.2, -0.15) is 11.8 Å². The zero-order chi connectivity index (χ0) is 9.68. The molecule has 78 valence electrons. The Morgan fingerprint density at radius 3 is 3.00 bits per heavy atom. The summed E-state index contributed by atoms with van der Waals surface area (Å²) >= 11 is 1.77. The lowest BCUT2D eigenvalue weighted by Gasteiger charge is -2.16. The molecular formula is C9H18O3S. The molecule has 4 heteroatoms. The summed E-state index contributed by atoms with van der Waals surface area (Å²) in [5, 5.41) is 9.00. The standard InChI is InChI=1S/C9H18O3S/c1-7-5-8(9(6-10)12-7)11-3-4-13-2/h7-10H,3-6H2,1-2H3/t7?,8?,9-/m1/s1. The van der Waals surface area contributed by atoms with Crippen molar-refractivity contribution >= 4 is 11.8 Å². The second-order valence-corrected chi connectivity index (χ2v) is 4.29. The molecule has 1 heterocycles. The van der Waals surface area contributed by atoms with Gasteiger partial charge in [0.25, 0.3) is 0 Å². The summed E-state index contributed by atoms with van der Waals surface area (Å²) in [5.41, 5.74) is 0. The van der Waals surface area contributed by atoms with Crippen LogP contribution in [-0.2, 0) is 9.47 Å². The Morgan fingerprint density at radius 2 is 2.38 bits per heavy atom. The van der Waals surface area contributed by atoms with Gasteiger partial charge in [-0.05, 0) is 13.2 Å². The van der Waals surface area contributed by atoms with Crippen LogP contribution in [0, 0.1) is 0 Å². The molecule has 0 bridgehead atoms. The summed E-state index contributed by atoms with van der Waals surface area (Å²) in [5.74, 6) is 1.00. The van der Waals surface area contributed by atoms with Crippen LogP contribution in [0.25, 0.3) is 0 Å². The lowest BCUT2D eigenvalue weighted by molar-refractivity contribution is -0.0406. The summed E-state index contributed by atoms with van der Waals surface area (Å²) in [7, 11) is 0. The SMILES string of the molecule is CSCCOC1CC(C)O[C@@H]1CO. The summed E-state index contributed by atoms with van der Waals surface area (Å²) in [6.07, 6.45) is 3.15. The zero-order valence-electron chi connectivity index (χ0n) is 8.23. The lowest BCUT2D eigenvalue weighted by atomic mass is 10.1. The van der Waals surface area contributed by atoms with E-state index >= 15 is 0 Å². The van der Waals surface area contributed by atoms with Crippen molar-refractivity contribution in [1.82, 2.24) is 0 Å². The molecule has 3 nitrogen and oxygen atoms in total. The van der Waals surface area contributed by atoms with Gasteiger partial charge in [0.2, 0.25) is 0 Å². The Morgan fingerprint density at radius 1 is 1.62 bits per heavy atom. The number of hydrogen-bond donors (Lipinski definition) is 1. The van der Waals surface area contributed by atoms with Gasteiger partial charge in [-0.15, -0.1) is 0 Å². The molecule has 1 aliphatic heterocycles. The van der Waals surface area contributed by atoms with Crippen LogP contribution in [0.3, 0.4) is 0 Å². The fourth-order valence-electron chi connectivity index (χ4n) is 1.54. The minimum absolute atomic E-state index is 0.0638. The van der Waals surface area contributed by atoms with E-state index in [4.69, 9.17) is 14.6 Å². The van der Waals surface area contributed by atoms with Crippen molar-refractivity contribution in [2.24, 2.45) is 0 Å². The molecule has 1 saturated heterocycles. The van der Waals surface area contributed by atoms with E-state index < -0.39 is 0 Å². The first-order chi connectivity index (χ1) is 6.27. The summed E-state index contributed by atoms with van der Waals surface area (Å²) in [6.45, 7) is 2.83. The van der Waals surface area contributed by atoms with Gasteiger partial charge in [0.1, 0.15) is 6.10 Å². The monoisotopic (exact) mass is 206 g/mol. The minimum atomic E-state index is -0.114. The second kappa shape index (κ2) is 5.86. The van der Waals surface area contributed by atoms with Gasteiger partial charge < -0.3 is 14.6 Å². The number of hydrogen-bond acceptors (Lipinski definition) is 4. The van der Waals surface area contributed by atoms with E-state index in [2.05, 4.69) is 6.26 Å². The highest BCUT2D eigenvalue weighted by atomic mass is 32.2. The molecule has 13 heavy (non-hydrogen) atoms. The van der Waals surface area contributed by atoms with Gasteiger partial charge in [-0.3, -0.25) is 0 Å². The zero-order valence-corrected chi connectivity index (χ0v) is 9.05. The van der Waals surface area contributed by atoms with E-state index in [0.29, 0.717) is 0 Å². The quantitative estimate of drug-likeness (QED) is 0.678. The first-order valence-corrected chi connectivity index (χ1v) is 6.04. The van der Waals surface area contributed by atoms with E-state index in [1.807, 2.05) is 6.92 Å². The number of ether oxygens (including phenoxy) is 2. The predicted octanol–water partition coefficient (Wildman–Crippen LogP) is 0.904. The van der Waals surface area contributed by atoms with Gasteiger partial charge in [-0.25, -0.2) is 0 Å². The van der Waals surface area contributed by atoms with Crippen LogP contribution < -0.4 is 0 Å². The van der Waals surface area contributed by atoms with E-state index in [1.165, 1.54) is 0 Å². The van der Waals surface area contributed by atoms with Crippen LogP contribution in [0.4, 0.5) is 0 Å². The third-order valence-electron chi connectivity index (χ3n) is 2.19. The fraction of sp³-hybridized carbons (Fsp3) is 1.00. The molecular weight excluding hydrogens is 188 g/mol. The largest absolute Gasteiger partial charge is 0.394 e. The third-order valence-corrected chi connectivity index (χ3v) is 2.76. The van der Waals surface area contributed by atoms with Crippen molar-refractivity contribution in [2.45, 2.75) is 31.7 Å². The van der Waals surface area contributed by atoms with Crippen molar-refractivity contribution < 1.29 is 14.6 Å². The maximum absolute atomic E-state index is 9.00. The van der Waals surface area contributed by atoms with Crippen molar-refractivity contribution in [3.63, 3.8) is 0 Å². The van der Waals surface area contributed by atoms with Crippen molar-refractivity contribution in [3.05, 3.63) is 0 Å². The molecule has 0 aromatic heterocycles. The van der Waals surface area contributed by atoms with Crippen molar-refractivity contribution in [2.75, 3.05) is 25.2 Å². The van der Waals surface area contributed by atoms with E-state index in [-0.39, 0.29) is 24.9 Å². The molecule has 0 amide bonds. The summed E-state index contributed by atoms with van der Waals surface area (Å²) in [6, 6.07) is 0. The average molecular weight is 206 g/mol. The summed E-state index contributed by atoms with van der Waals surface area (Å²) in [4.78, 5) is 0. The Labute approximate surface area is 83.8 Å². The van der Waals surface area contributed by atoms with Crippen LogP contribution in [-0.4, -0.2) is 48.6 Å². The number of thioether (sulfide) groups is 1. The van der Waals surface area contributed by atoms with Gasteiger partial charge in [-0.1, -0.05) is 0 Å². The molecule has 2 unspecified atom stereocenters. The van der Waals surface area contributed by atoms with Crippen LogP contribution in [0.15, 0.2) is 0 Å². The fourth-order valence-corrected chi connectivity index (χ4v) is 1.80. The van der Waals surface area contributed by atoms with E-state index in [1.54, 1.807) is 11.8 Å². The average Bonchev–Trinajstić information content (AvgIpc) is 2.47. The Hall–Kier alpha value is 0.230. The highest BCUT2D eigenvalue weighted by Gasteiger charge is 2.32. The van der Waals surface area contributed by atoms with E-state index in [0.717, 1.165) is 18.8 Å². The Bertz CT molecular complexity index is 143. The van der Waals surface area contributed by atoms with Crippen LogP contribution in [0.1, 0.15) is 13.3 Å². The topological polar surface area (TPSA) is 38.7 Å². The van der Waals surface area contributed by atoms with Crippen molar-refractivity contribution in [3.8, 4) is 0 Å². The maximum atomic E-state index is 9.00. The normalized spacial score (nSPS) is 33.9.